The quantitative estimate of drug-likeness (QED) is 0.467. The molecule has 4 saturated heterocycles. The number of fused-ring (bicyclic) bond motifs is 1. The molecule has 10 heteroatoms. The SMILES string of the molecule is CCOC(=O)[C@@H]1[C@H]2C(=O)N([C@H](C)CO)C(C(=O)NCCN3CCOCC3)C23S[C@@H]1CC3C. The number of rotatable bonds is 8. The van der Waals surface area contributed by atoms with Gasteiger partial charge in [0, 0.05) is 31.4 Å². The zero-order valence-electron chi connectivity index (χ0n) is 19.1. The number of ether oxygens (including phenoxy) is 2. The second-order valence-corrected chi connectivity index (χ2v) is 10.9. The molecule has 0 radical (unpaired) electrons. The summed E-state index contributed by atoms with van der Waals surface area (Å²) in [7, 11) is 0. The molecular formula is C22H35N3O6S. The lowest BCUT2D eigenvalue weighted by Crippen LogP contribution is -2.58. The van der Waals surface area contributed by atoms with Gasteiger partial charge in [0.15, 0.2) is 0 Å². The summed E-state index contributed by atoms with van der Waals surface area (Å²) in [6.45, 7) is 9.90. The van der Waals surface area contributed by atoms with Crippen LogP contribution in [0.3, 0.4) is 0 Å². The molecule has 2 bridgehead atoms. The number of aliphatic hydroxyl groups excluding tert-OH is 1. The number of esters is 1. The van der Waals surface area contributed by atoms with Crippen molar-refractivity contribution in [3.05, 3.63) is 0 Å². The first-order valence-corrected chi connectivity index (χ1v) is 12.6. The van der Waals surface area contributed by atoms with Crippen LogP contribution in [0.2, 0.25) is 0 Å². The Morgan fingerprint density at radius 3 is 2.75 bits per heavy atom. The molecule has 4 aliphatic rings. The zero-order chi connectivity index (χ0) is 23.0. The fraction of sp³-hybridized carbons (Fsp3) is 0.864. The van der Waals surface area contributed by atoms with Crippen LogP contribution in [0.5, 0.6) is 0 Å². The number of amides is 2. The van der Waals surface area contributed by atoms with E-state index >= 15 is 0 Å². The van der Waals surface area contributed by atoms with Crippen molar-refractivity contribution in [2.24, 2.45) is 17.8 Å². The smallest absolute Gasteiger partial charge is 0.310 e. The minimum absolute atomic E-state index is 0.0202. The summed E-state index contributed by atoms with van der Waals surface area (Å²) in [5.74, 6) is -1.78. The second-order valence-electron chi connectivity index (χ2n) is 9.33. The number of morpholine rings is 1. The number of nitrogens with zero attached hydrogens (tertiary/aromatic N) is 2. The van der Waals surface area contributed by atoms with Crippen molar-refractivity contribution in [3.63, 3.8) is 0 Å². The molecule has 0 aromatic rings. The molecule has 4 rings (SSSR count). The number of carbonyl (C=O) groups is 3. The van der Waals surface area contributed by atoms with E-state index in [0.717, 1.165) is 26.1 Å². The van der Waals surface area contributed by atoms with Crippen LogP contribution >= 0.6 is 11.8 Å². The summed E-state index contributed by atoms with van der Waals surface area (Å²) >= 11 is 1.62. The van der Waals surface area contributed by atoms with Crippen molar-refractivity contribution in [2.75, 3.05) is 52.6 Å². The van der Waals surface area contributed by atoms with Crippen molar-refractivity contribution in [3.8, 4) is 0 Å². The number of nitrogens with one attached hydrogen (secondary N) is 1. The van der Waals surface area contributed by atoms with E-state index in [0.29, 0.717) is 19.8 Å². The fourth-order valence-electron chi connectivity index (χ4n) is 6.09. The van der Waals surface area contributed by atoms with Crippen LogP contribution in [-0.4, -0.2) is 107 Å². The van der Waals surface area contributed by atoms with Crippen molar-refractivity contribution >= 4 is 29.5 Å². The number of aliphatic hydroxyl groups is 1. The van der Waals surface area contributed by atoms with Gasteiger partial charge in [-0.15, -0.1) is 11.8 Å². The molecule has 0 aromatic carbocycles. The first kappa shape index (κ1) is 23.8. The van der Waals surface area contributed by atoms with Crippen LogP contribution in [0, 0.1) is 17.8 Å². The van der Waals surface area contributed by atoms with Crippen LogP contribution in [0.4, 0.5) is 0 Å². The molecule has 4 heterocycles. The number of thioether (sulfide) groups is 1. The lowest BCUT2D eigenvalue weighted by atomic mass is 9.66. The Hall–Kier alpha value is -1.36. The Bertz CT molecular complexity index is 747. The van der Waals surface area contributed by atoms with E-state index in [2.05, 4.69) is 17.1 Å². The summed E-state index contributed by atoms with van der Waals surface area (Å²) < 4.78 is 10.0. The number of hydrogen-bond acceptors (Lipinski definition) is 8. The Balaban J connectivity index is 1.58. The molecule has 3 unspecified atom stereocenters. The standard InChI is InChI=1S/C22H35N3O6S/c1-4-31-21(29)16-15-11-13(2)22(32-15)17(16)20(28)25(14(3)12-26)18(22)19(27)23-5-6-24-7-9-30-10-8-24/h13-18,26H,4-12H2,1-3H3,(H,23,27)/t13?,14-,15-,16+,17+,18?,22?/m1/s1. The van der Waals surface area contributed by atoms with Crippen molar-refractivity contribution < 1.29 is 29.0 Å². The highest BCUT2D eigenvalue weighted by atomic mass is 32.2. The van der Waals surface area contributed by atoms with E-state index in [-0.39, 0.29) is 42.2 Å². The Kier molecular flexibility index (Phi) is 7.05. The lowest BCUT2D eigenvalue weighted by Gasteiger charge is -2.39. The van der Waals surface area contributed by atoms with Crippen molar-refractivity contribution in [1.82, 2.24) is 15.1 Å². The molecule has 2 amide bonds. The van der Waals surface area contributed by atoms with Gasteiger partial charge >= 0.3 is 5.97 Å². The number of likely N-dealkylation sites (tertiary alicyclic amines) is 1. The predicted molar refractivity (Wildman–Crippen MR) is 119 cm³/mol. The predicted octanol–water partition coefficient (Wildman–Crippen LogP) is -0.284. The van der Waals surface area contributed by atoms with Crippen LogP contribution in [0.1, 0.15) is 27.2 Å². The molecule has 7 atom stereocenters. The van der Waals surface area contributed by atoms with Gasteiger partial charge in [-0.3, -0.25) is 19.3 Å². The van der Waals surface area contributed by atoms with Crippen LogP contribution < -0.4 is 5.32 Å². The zero-order valence-corrected chi connectivity index (χ0v) is 19.9. The summed E-state index contributed by atoms with van der Waals surface area (Å²) in [6, 6.07) is -1.22. The van der Waals surface area contributed by atoms with E-state index in [1.807, 2.05) is 0 Å². The maximum atomic E-state index is 13.7. The van der Waals surface area contributed by atoms with Gasteiger partial charge in [-0.25, -0.2) is 0 Å². The third-order valence-corrected chi connectivity index (χ3v) is 9.64. The van der Waals surface area contributed by atoms with Crippen LogP contribution in [0.25, 0.3) is 0 Å². The van der Waals surface area contributed by atoms with Gasteiger partial charge in [0.1, 0.15) is 6.04 Å². The highest BCUT2D eigenvalue weighted by Crippen LogP contribution is 2.68. The molecule has 0 aliphatic carbocycles. The topological polar surface area (TPSA) is 108 Å². The molecular weight excluding hydrogens is 434 g/mol. The maximum Gasteiger partial charge on any atom is 0.310 e. The number of hydrogen-bond donors (Lipinski definition) is 2. The van der Waals surface area contributed by atoms with Gasteiger partial charge in [0.2, 0.25) is 11.8 Å². The largest absolute Gasteiger partial charge is 0.466 e. The third-order valence-electron chi connectivity index (χ3n) is 7.56. The molecule has 1 spiro atoms. The normalized spacial score (nSPS) is 37.4. The molecule has 4 aliphatic heterocycles. The van der Waals surface area contributed by atoms with E-state index in [1.165, 1.54) is 0 Å². The van der Waals surface area contributed by atoms with E-state index in [9.17, 15) is 19.5 Å². The lowest BCUT2D eigenvalue weighted by molar-refractivity contribution is -0.154. The summed E-state index contributed by atoms with van der Waals surface area (Å²) in [5.41, 5.74) is 0. The van der Waals surface area contributed by atoms with Crippen molar-refractivity contribution in [1.29, 1.82) is 0 Å². The van der Waals surface area contributed by atoms with Gasteiger partial charge in [-0.2, -0.15) is 0 Å². The van der Waals surface area contributed by atoms with Gasteiger partial charge in [-0.05, 0) is 26.2 Å². The molecule has 9 nitrogen and oxygen atoms in total. The summed E-state index contributed by atoms with van der Waals surface area (Å²) in [4.78, 5) is 43.9. The van der Waals surface area contributed by atoms with Gasteiger partial charge < -0.3 is 24.8 Å². The molecule has 32 heavy (non-hydrogen) atoms. The molecule has 4 fully saturated rings. The highest BCUT2D eigenvalue weighted by molar-refractivity contribution is 8.02. The van der Waals surface area contributed by atoms with Crippen LogP contribution in [-0.2, 0) is 23.9 Å². The minimum atomic E-state index is -0.712. The molecule has 0 saturated carbocycles. The number of carbonyl (C=O) groups excluding carboxylic acids is 3. The minimum Gasteiger partial charge on any atom is -0.466 e. The van der Waals surface area contributed by atoms with Crippen LogP contribution in [0.15, 0.2) is 0 Å². The average molecular weight is 470 g/mol. The van der Waals surface area contributed by atoms with E-state index in [1.54, 1.807) is 30.5 Å². The first-order valence-electron chi connectivity index (χ1n) is 11.7. The molecule has 2 N–H and O–H groups in total. The summed E-state index contributed by atoms with van der Waals surface area (Å²) in [5, 5.41) is 12.9. The van der Waals surface area contributed by atoms with Gasteiger partial charge in [0.25, 0.3) is 0 Å². The maximum absolute atomic E-state index is 13.7. The molecule has 180 valence electrons. The Labute approximate surface area is 193 Å². The third kappa shape index (κ3) is 3.73. The van der Waals surface area contributed by atoms with E-state index in [4.69, 9.17) is 9.47 Å². The Morgan fingerprint density at radius 1 is 1.38 bits per heavy atom. The van der Waals surface area contributed by atoms with Gasteiger partial charge in [0.05, 0.1) is 49.1 Å². The monoisotopic (exact) mass is 469 g/mol. The Morgan fingerprint density at radius 2 is 2.09 bits per heavy atom. The fourth-order valence-corrected chi connectivity index (χ4v) is 8.48. The second kappa shape index (κ2) is 9.48. The summed E-state index contributed by atoms with van der Waals surface area (Å²) in [6.07, 6.45) is 0.775. The first-order chi connectivity index (χ1) is 15.4. The molecule has 0 aromatic heterocycles. The van der Waals surface area contributed by atoms with Gasteiger partial charge in [-0.1, -0.05) is 6.92 Å². The van der Waals surface area contributed by atoms with E-state index < -0.39 is 28.7 Å². The average Bonchev–Trinajstić information content (AvgIpc) is 3.37. The highest BCUT2D eigenvalue weighted by Gasteiger charge is 2.76. The van der Waals surface area contributed by atoms with Crippen molar-refractivity contribution in [2.45, 2.75) is 49.3 Å².